The quantitative estimate of drug-likeness (QED) is 0.0720. The molecule has 0 spiro atoms. The highest BCUT2D eigenvalue weighted by Gasteiger charge is 2.62. The number of unbranched alkanes of at least 4 members (excludes halogenated alkanes) is 1. The Hall–Kier alpha value is -0.330. The molecule has 0 saturated heterocycles. The molecule has 0 radical (unpaired) electrons. The Kier molecular flexibility index (Phi) is 14.9. The van der Waals surface area contributed by atoms with Crippen molar-refractivity contribution in [3.8, 4) is 0 Å². The van der Waals surface area contributed by atoms with Crippen molar-refractivity contribution in [3.63, 3.8) is 0 Å². The maximum atomic E-state index is 11.8. The van der Waals surface area contributed by atoms with Gasteiger partial charge in [0.25, 0.3) is 0 Å². The van der Waals surface area contributed by atoms with Gasteiger partial charge in [-0.2, -0.15) is 8.42 Å². The number of hydrogen-bond acceptors (Lipinski definition) is 8. The van der Waals surface area contributed by atoms with Crippen molar-refractivity contribution >= 4 is 10.4 Å². The van der Waals surface area contributed by atoms with Crippen LogP contribution in [-0.4, -0.2) is 75.6 Å². The van der Waals surface area contributed by atoms with E-state index in [2.05, 4.69) is 36.7 Å². The topological polar surface area (TPSA) is 146 Å². The standard InChI is InChI=1S/C37H72N4O5S/c1-26(2)34(46-47(43,44)45)13-10-27(3)30-11-12-31-35-32(15-17-37(30,31)5)36(4)16-14-29(24-28(36)25-33(35)42)41-23-9-22-40-20-7-6-19-39-21-8-18-38/h26-35,39-42H,6-25,38H2,1-5H3,(H,43,44,45)/t27?,28-,29+,30-,31?,32?,33-,34-,35?,36+,37-/m1/s1. The van der Waals surface area contributed by atoms with Gasteiger partial charge in [-0.1, -0.05) is 34.6 Å². The fraction of sp³-hybridized carbons (Fsp3) is 1.00. The Labute approximate surface area is 288 Å². The number of aliphatic hydroxyl groups is 1. The van der Waals surface area contributed by atoms with Gasteiger partial charge in [0.15, 0.2) is 0 Å². The van der Waals surface area contributed by atoms with Crippen LogP contribution in [0.5, 0.6) is 0 Å². The predicted molar refractivity (Wildman–Crippen MR) is 191 cm³/mol. The minimum atomic E-state index is -4.46. The monoisotopic (exact) mass is 685 g/mol. The van der Waals surface area contributed by atoms with Crippen LogP contribution in [0.4, 0.5) is 0 Å². The minimum absolute atomic E-state index is 0.0137. The summed E-state index contributed by atoms with van der Waals surface area (Å²) in [6, 6.07) is 0.571. The van der Waals surface area contributed by atoms with Crippen LogP contribution in [0.3, 0.4) is 0 Å². The van der Waals surface area contributed by atoms with E-state index in [1.165, 1.54) is 57.8 Å². The summed E-state index contributed by atoms with van der Waals surface area (Å²) >= 11 is 0. The van der Waals surface area contributed by atoms with E-state index >= 15 is 0 Å². The van der Waals surface area contributed by atoms with Gasteiger partial charge in [0.1, 0.15) is 0 Å². The highest BCUT2D eigenvalue weighted by Crippen LogP contribution is 2.68. The third-order valence-electron chi connectivity index (χ3n) is 13.8. The molecule has 0 amide bonds. The normalized spacial score (nSPS) is 36.9. The third kappa shape index (κ3) is 10.1. The summed E-state index contributed by atoms with van der Waals surface area (Å²) in [6.45, 7) is 17.4. The first kappa shape index (κ1) is 39.5. The van der Waals surface area contributed by atoms with Crippen LogP contribution in [0.1, 0.15) is 125 Å². The Morgan fingerprint density at radius 3 is 2.13 bits per heavy atom. The molecule has 10 heteroatoms. The zero-order chi connectivity index (χ0) is 34.2. The molecule has 4 unspecified atom stereocenters. The molecule has 4 rings (SSSR count). The zero-order valence-corrected chi connectivity index (χ0v) is 31.3. The smallest absolute Gasteiger partial charge is 0.393 e. The highest BCUT2D eigenvalue weighted by atomic mass is 32.3. The minimum Gasteiger partial charge on any atom is -0.393 e. The number of rotatable bonds is 20. The van der Waals surface area contributed by atoms with Crippen LogP contribution < -0.4 is 21.7 Å². The number of nitrogens with one attached hydrogen (secondary N) is 3. The number of nitrogens with two attached hydrogens (primary N) is 1. The molecule has 47 heavy (non-hydrogen) atoms. The number of fused-ring (bicyclic) bond motifs is 5. The number of hydrogen-bond donors (Lipinski definition) is 6. The molecule has 0 aromatic heterocycles. The van der Waals surface area contributed by atoms with Crippen molar-refractivity contribution in [3.05, 3.63) is 0 Å². The van der Waals surface area contributed by atoms with Crippen LogP contribution >= 0.6 is 0 Å². The first-order valence-corrected chi connectivity index (χ1v) is 20.8. The summed E-state index contributed by atoms with van der Waals surface area (Å²) in [5.41, 5.74) is 6.08. The molecule has 4 aliphatic rings. The third-order valence-corrected chi connectivity index (χ3v) is 14.3. The average molecular weight is 685 g/mol. The van der Waals surface area contributed by atoms with Gasteiger partial charge >= 0.3 is 10.4 Å². The van der Waals surface area contributed by atoms with Crippen molar-refractivity contribution in [1.29, 1.82) is 0 Å². The molecule has 4 fully saturated rings. The lowest BCUT2D eigenvalue weighted by molar-refractivity contribution is -0.167. The molecule has 0 aliphatic heterocycles. The lowest BCUT2D eigenvalue weighted by atomic mass is 9.43. The largest absolute Gasteiger partial charge is 0.397 e. The van der Waals surface area contributed by atoms with Crippen LogP contribution in [0.15, 0.2) is 0 Å². The van der Waals surface area contributed by atoms with E-state index in [1.807, 2.05) is 13.8 Å². The van der Waals surface area contributed by atoms with Gasteiger partial charge in [-0.05, 0) is 181 Å². The fourth-order valence-corrected chi connectivity index (χ4v) is 11.8. The molecule has 4 aliphatic carbocycles. The lowest BCUT2D eigenvalue weighted by Crippen LogP contribution is -2.59. The Bertz CT molecular complexity index is 1050. The lowest BCUT2D eigenvalue weighted by Gasteiger charge is -2.62. The highest BCUT2D eigenvalue weighted by molar-refractivity contribution is 7.80. The molecular formula is C37H72N4O5S. The fourth-order valence-electron chi connectivity index (χ4n) is 11.2. The van der Waals surface area contributed by atoms with Gasteiger partial charge in [0.05, 0.1) is 12.2 Å². The van der Waals surface area contributed by atoms with E-state index in [1.54, 1.807) is 0 Å². The summed E-state index contributed by atoms with van der Waals surface area (Å²) in [6.07, 6.45) is 15.0. The van der Waals surface area contributed by atoms with E-state index in [0.29, 0.717) is 53.4 Å². The van der Waals surface area contributed by atoms with Gasteiger partial charge in [-0.3, -0.25) is 4.55 Å². The molecule has 11 atom stereocenters. The molecule has 276 valence electrons. The van der Waals surface area contributed by atoms with E-state index in [0.717, 1.165) is 65.0 Å². The summed E-state index contributed by atoms with van der Waals surface area (Å²) in [5.74, 6) is 3.20. The van der Waals surface area contributed by atoms with E-state index in [-0.39, 0.29) is 17.4 Å². The van der Waals surface area contributed by atoms with Crippen molar-refractivity contribution in [2.75, 3.05) is 39.3 Å². The summed E-state index contributed by atoms with van der Waals surface area (Å²) in [7, 11) is -4.46. The van der Waals surface area contributed by atoms with Crippen molar-refractivity contribution < 1.29 is 22.3 Å². The average Bonchev–Trinajstić information content (AvgIpc) is 3.36. The maximum absolute atomic E-state index is 11.8. The molecule has 0 aromatic carbocycles. The Balaban J connectivity index is 1.23. The summed E-state index contributed by atoms with van der Waals surface area (Å²) < 4.78 is 37.2. The molecule has 0 bridgehead atoms. The summed E-state index contributed by atoms with van der Waals surface area (Å²) in [5, 5.41) is 22.8. The van der Waals surface area contributed by atoms with Crippen LogP contribution in [0.2, 0.25) is 0 Å². The van der Waals surface area contributed by atoms with E-state index < -0.39 is 16.5 Å². The van der Waals surface area contributed by atoms with Crippen LogP contribution in [-0.2, 0) is 14.6 Å². The molecule has 7 N–H and O–H groups in total. The van der Waals surface area contributed by atoms with Gasteiger partial charge < -0.3 is 26.8 Å². The van der Waals surface area contributed by atoms with Gasteiger partial charge in [0.2, 0.25) is 0 Å². The molecular weight excluding hydrogens is 612 g/mol. The first-order chi connectivity index (χ1) is 22.3. The van der Waals surface area contributed by atoms with Gasteiger partial charge in [-0.25, -0.2) is 4.18 Å². The van der Waals surface area contributed by atoms with Gasteiger partial charge in [0, 0.05) is 6.04 Å². The van der Waals surface area contributed by atoms with Crippen LogP contribution in [0.25, 0.3) is 0 Å². The Morgan fingerprint density at radius 1 is 0.830 bits per heavy atom. The molecule has 0 heterocycles. The molecule has 9 nitrogen and oxygen atoms in total. The molecule has 4 saturated carbocycles. The van der Waals surface area contributed by atoms with Gasteiger partial charge in [-0.15, -0.1) is 0 Å². The van der Waals surface area contributed by atoms with Crippen molar-refractivity contribution in [1.82, 2.24) is 16.0 Å². The Morgan fingerprint density at radius 2 is 1.47 bits per heavy atom. The zero-order valence-electron chi connectivity index (χ0n) is 30.5. The van der Waals surface area contributed by atoms with Crippen molar-refractivity contribution in [2.24, 2.45) is 58.0 Å². The summed E-state index contributed by atoms with van der Waals surface area (Å²) in [4.78, 5) is 0. The number of aliphatic hydroxyl groups excluding tert-OH is 1. The van der Waals surface area contributed by atoms with E-state index in [4.69, 9.17) is 9.92 Å². The van der Waals surface area contributed by atoms with E-state index in [9.17, 15) is 18.1 Å². The van der Waals surface area contributed by atoms with Crippen molar-refractivity contribution in [2.45, 2.75) is 143 Å². The second-order valence-corrected chi connectivity index (χ2v) is 18.1. The predicted octanol–water partition coefficient (Wildman–Crippen LogP) is 5.53. The second kappa shape index (κ2) is 17.7. The maximum Gasteiger partial charge on any atom is 0.397 e. The second-order valence-electron chi connectivity index (χ2n) is 17.0. The SMILES string of the molecule is CC(CC[C@@H](OS(=O)(=O)O)C(C)C)[C@H]1CCC2C3C(CC[C@@]21C)[C@@]1(C)CC[C@H](NCCCNCCCCNCCCN)C[C@@H]1C[C@H]3O. The first-order valence-electron chi connectivity index (χ1n) is 19.5. The molecule has 0 aromatic rings. The van der Waals surface area contributed by atoms with Crippen LogP contribution in [0, 0.1) is 52.3 Å².